The highest BCUT2D eigenvalue weighted by Gasteiger charge is 2.15. The molecule has 0 atom stereocenters. The van der Waals surface area contributed by atoms with Crippen molar-refractivity contribution in [2.75, 3.05) is 11.9 Å². The highest BCUT2D eigenvalue weighted by atomic mass is 32.1. The second-order valence-corrected chi connectivity index (χ2v) is 5.05. The van der Waals surface area contributed by atoms with Gasteiger partial charge in [-0.05, 0) is 29.7 Å². The predicted octanol–water partition coefficient (Wildman–Crippen LogP) is 3.12. The number of carbonyl (C=O) groups excluding carboxylic acids is 1. The highest BCUT2D eigenvalue weighted by molar-refractivity contribution is 7.10. The monoisotopic (exact) mass is 287 g/mol. The third-order valence-electron chi connectivity index (χ3n) is 2.76. The van der Waals surface area contributed by atoms with Gasteiger partial charge in [0.1, 0.15) is 0 Å². The van der Waals surface area contributed by atoms with Crippen LogP contribution in [-0.4, -0.2) is 24.0 Å². The second kappa shape index (κ2) is 6.16. The number of benzene rings is 1. The van der Waals surface area contributed by atoms with Gasteiger partial charge in [0.15, 0.2) is 0 Å². The fraction of sp³-hybridized carbons (Fsp3) is 0.0667. The Kier molecular flexibility index (Phi) is 4.32. The minimum atomic E-state index is -1.05. The van der Waals surface area contributed by atoms with Gasteiger partial charge in [-0.3, -0.25) is 4.79 Å². The maximum atomic E-state index is 12.1. The Labute approximate surface area is 120 Å². The molecule has 1 amide bonds. The molecule has 4 nitrogen and oxygen atoms in total. The molecule has 20 heavy (non-hydrogen) atoms. The molecule has 0 bridgehead atoms. The molecule has 2 rings (SSSR count). The van der Waals surface area contributed by atoms with E-state index in [2.05, 4.69) is 0 Å². The molecule has 0 spiro atoms. The Morgan fingerprint density at radius 1 is 1.20 bits per heavy atom. The van der Waals surface area contributed by atoms with E-state index in [1.165, 1.54) is 28.4 Å². The normalized spacial score (nSPS) is 10.7. The van der Waals surface area contributed by atoms with Crippen LogP contribution < -0.4 is 4.90 Å². The van der Waals surface area contributed by atoms with E-state index in [4.69, 9.17) is 5.11 Å². The molecule has 0 saturated heterocycles. The Morgan fingerprint density at radius 2 is 1.95 bits per heavy atom. The topological polar surface area (TPSA) is 57.6 Å². The SMILES string of the molecule is CN(C(=O)/C=C/c1cccs1)c1ccccc1C(=O)O. The summed E-state index contributed by atoms with van der Waals surface area (Å²) in [6.45, 7) is 0. The van der Waals surface area contributed by atoms with Gasteiger partial charge in [0.2, 0.25) is 0 Å². The largest absolute Gasteiger partial charge is 0.478 e. The van der Waals surface area contributed by atoms with Crippen molar-refractivity contribution < 1.29 is 14.7 Å². The van der Waals surface area contributed by atoms with Crippen LogP contribution in [-0.2, 0) is 4.79 Å². The van der Waals surface area contributed by atoms with Crippen LogP contribution in [0.4, 0.5) is 5.69 Å². The van der Waals surface area contributed by atoms with E-state index in [9.17, 15) is 9.59 Å². The lowest BCUT2D eigenvalue weighted by Crippen LogP contribution is -2.25. The number of anilines is 1. The van der Waals surface area contributed by atoms with Crippen LogP contribution in [0.3, 0.4) is 0 Å². The molecule has 1 aromatic heterocycles. The number of para-hydroxylation sites is 1. The van der Waals surface area contributed by atoms with E-state index in [-0.39, 0.29) is 11.5 Å². The van der Waals surface area contributed by atoms with E-state index < -0.39 is 5.97 Å². The lowest BCUT2D eigenvalue weighted by atomic mass is 10.1. The number of aromatic carboxylic acids is 1. The number of amides is 1. The molecule has 1 aromatic carbocycles. The first-order valence-corrected chi connectivity index (χ1v) is 6.79. The molecular weight excluding hydrogens is 274 g/mol. The number of nitrogens with zero attached hydrogens (tertiary/aromatic N) is 1. The minimum Gasteiger partial charge on any atom is -0.478 e. The molecule has 0 aliphatic rings. The third-order valence-corrected chi connectivity index (χ3v) is 3.60. The van der Waals surface area contributed by atoms with Crippen LogP contribution in [0.1, 0.15) is 15.2 Å². The number of rotatable bonds is 4. The number of carbonyl (C=O) groups is 2. The lowest BCUT2D eigenvalue weighted by molar-refractivity contribution is -0.113. The fourth-order valence-corrected chi connectivity index (χ4v) is 2.34. The van der Waals surface area contributed by atoms with E-state index >= 15 is 0 Å². The van der Waals surface area contributed by atoms with Crippen molar-refractivity contribution in [2.45, 2.75) is 0 Å². The van der Waals surface area contributed by atoms with Crippen molar-refractivity contribution in [2.24, 2.45) is 0 Å². The van der Waals surface area contributed by atoms with Gasteiger partial charge in [0.25, 0.3) is 5.91 Å². The van der Waals surface area contributed by atoms with Gasteiger partial charge < -0.3 is 10.0 Å². The summed E-state index contributed by atoms with van der Waals surface area (Å²) in [6.07, 6.45) is 3.15. The molecule has 0 aliphatic carbocycles. The van der Waals surface area contributed by atoms with Crippen molar-refractivity contribution in [1.29, 1.82) is 0 Å². The summed E-state index contributed by atoms with van der Waals surface area (Å²) in [6, 6.07) is 10.2. The Hall–Kier alpha value is -2.40. The number of likely N-dealkylation sites (N-methyl/N-ethyl adjacent to an activating group) is 1. The van der Waals surface area contributed by atoms with Crippen LogP contribution in [0.15, 0.2) is 47.9 Å². The number of carboxylic acid groups (broad SMARTS) is 1. The lowest BCUT2D eigenvalue weighted by Gasteiger charge is -2.17. The average Bonchev–Trinajstić information content (AvgIpc) is 2.97. The van der Waals surface area contributed by atoms with Gasteiger partial charge >= 0.3 is 5.97 Å². The summed E-state index contributed by atoms with van der Waals surface area (Å²) in [7, 11) is 1.56. The predicted molar refractivity (Wildman–Crippen MR) is 80.2 cm³/mol. The van der Waals surface area contributed by atoms with Crippen LogP contribution in [0.5, 0.6) is 0 Å². The summed E-state index contributed by atoms with van der Waals surface area (Å²) in [5.74, 6) is -1.32. The zero-order chi connectivity index (χ0) is 14.5. The molecule has 1 N–H and O–H groups in total. The summed E-state index contributed by atoms with van der Waals surface area (Å²) in [5.41, 5.74) is 0.480. The summed E-state index contributed by atoms with van der Waals surface area (Å²) in [5, 5.41) is 11.0. The summed E-state index contributed by atoms with van der Waals surface area (Å²) in [4.78, 5) is 25.5. The first kappa shape index (κ1) is 14.0. The molecule has 0 aliphatic heterocycles. The Bertz CT molecular complexity index is 647. The first-order valence-electron chi connectivity index (χ1n) is 5.91. The Balaban J connectivity index is 2.21. The van der Waals surface area contributed by atoms with Gasteiger partial charge in [0.05, 0.1) is 11.3 Å². The molecule has 2 aromatic rings. The number of hydrogen-bond donors (Lipinski definition) is 1. The Morgan fingerprint density at radius 3 is 2.60 bits per heavy atom. The third kappa shape index (κ3) is 3.13. The van der Waals surface area contributed by atoms with Crippen molar-refractivity contribution in [3.63, 3.8) is 0 Å². The maximum absolute atomic E-state index is 12.1. The smallest absolute Gasteiger partial charge is 0.337 e. The average molecular weight is 287 g/mol. The van der Waals surface area contributed by atoms with E-state index in [0.29, 0.717) is 5.69 Å². The molecule has 1 heterocycles. The zero-order valence-corrected chi connectivity index (χ0v) is 11.6. The fourth-order valence-electron chi connectivity index (χ4n) is 1.72. The van der Waals surface area contributed by atoms with Gasteiger partial charge in [-0.15, -0.1) is 11.3 Å². The maximum Gasteiger partial charge on any atom is 0.337 e. The van der Waals surface area contributed by atoms with Crippen molar-refractivity contribution >= 4 is 35.0 Å². The number of carboxylic acids is 1. The molecule has 0 radical (unpaired) electrons. The first-order chi connectivity index (χ1) is 9.59. The van der Waals surface area contributed by atoms with Crippen LogP contribution in [0, 0.1) is 0 Å². The van der Waals surface area contributed by atoms with E-state index in [1.54, 1.807) is 31.3 Å². The van der Waals surface area contributed by atoms with Crippen LogP contribution in [0.2, 0.25) is 0 Å². The van der Waals surface area contributed by atoms with E-state index in [1.807, 2.05) is 17.5 Å². The molecule has 0 saturated carbocycles. The molecule has 0 unspecified atom stereocenters. The van der Waals surface area contributed by atoms with Crippen LogP contribution >= 0.6 is 11.3 Å². The van der Waals surface area contributed by atoms with Gasteiger partial charge in [0, 0.05) is 18.0 Å². The minimum absolute atomic E-state index is 0.105. The molecule has 5 heteroatoms. The van der Waals surface area contributed by atoms with Gasteiger partial charge in [-0.25, -0.2) is 4.79 Å². The summed E-state index contributed by atoms with van der Waals surface area (Å²) < 4.78 is 0. The second-order valence-electron chi connectivity index (χ2n) is 4.07. The van der Waals surface area contributed by atoms with E-state index in [0.717, 1.165) is 4.88 Å². The number of thiophene rings is 1. The zero-order valence-electron chi connectivity index (χ0n) is 10.8. The highest BCUT2D eigenvalue weighted by Crippen LogP contribution is 2.20. The van der Waals surface area contributed by atoms with Crippen LogP contribution in [0.25, 0.3) is 6.08 Å². The van der Waals surface area contributed by atoms with Gasteiger partial charge in [-0.1, -0.05) is 18.2 Å². The van der Waals surface area contributed by atoms with Crippen molar-refractivity contribution in [1.82, 2.24) is 0 Å². The number of hydrogen-bond acceptors (Lipinski definition) is 3. The molecule has 0 fully saturated rings. The van der Waals surface area contributed by atoms with Crippen molar-refractivity contribution in [3.05, 3.63) is 58.3 Å². The standard InChI is InChI=1S/C15H13NO3S/c1-16(13-7-3-2-6-12(13)15(18)19)14(17)9-8-11-5-4-10-20-11/h2-10H,1H3,(H,18,19)/b9-8+. The quantitative estimate of drug-likeness (QED) is 0.879. The molecular formula is C15H13NO3S. The summed E-state index contributed by atoms with van der Waals surface area (Å²) >= 11 is 1.53. The van der Waals surface area contributed by atoms with Gasteiger partial charge in [-0.2, -0.15) is 0 Å². The van der Waals surface area contributed by atoms with Crippen molar-refractivity contribution in [3.8, 4) is 0 Å². The molecule has 102 valence electrons.